The molecular weight excluding hydrogens is 204 g/mol. The van der Waals surface area contributed by atoms with E-state index in [1.165, 1.54) is 0 Å². The average molecular weight is 224 g/mol. The van der Waals surface area contributed by atoms with Gasteiger partial charge in [-0.2, -0.15) is 0 Å². The van der Waals surface area contributed by atoms with Gasteiger partial charge in [0.05, 0.1) is 12.7 Å². The van der Waals surface area contributed by atoms with Crippen molar-refractivity contribution in [1.29, 1.82) is 0 Å². The van der Waals surface area contributed by atoms with Crippen LogP contribution in [0, 0.1) is 6.92 Å². The summed E-state index contributed by atoms with van der Waals surface area (Å²) in [6, 6.07) is 5.78. The normalized spacial score (nSPS) is 12.5. The van der Waals surface area contributed by atoms with Crippen molar-refractivity contribution in [2.45, 2.75) is 13.0 Å². The molecule has 1 aromatic carbocycles. The van der Waals surface area contributed by atoms with Crippen molar-refractivity contribution < 1.29 is 9.84 Å². The number of hydrogen-bond donors (Lipinski definition) is 2. The molecule has 3 N–H and O–H groups in total. The Morgan fingerprint density at radius 3 is 2.81 bits per heavy atom. The molecule has 0 radical (unpaired) electrons. The third kappa shape index (κ3) is 3.12. The van der Waals surface area contributed by atoms with E-state index >= 15 is 0 Å². The number of rotatable bonds is 5. The van der Waals surface area contributed by atoms with Gasteiger partial charge in [-0.15, -0.1) is 0 Å². The summed E-state index contributed by atoms with van der Waals surface area (Å²) >= 11 is 0. The van der Waals surface area contributed by atoms with E-state index in [2.05, 4.69) is 0 Å². The van der Waals surface area contributed by atoms with Crippen LogP contribution in [0.25, 0.3) is 0 Å². The number of ether oxygens (including phenoxy) is 1. The van der Waals surface area contributed by atoms with E-state index in [1.54, 1.807) is 7.11 Å². The molecule has 1 atom stereocenters. The van der Waals surface area contributed by atoms with Gasteiger partial charge >= 0.3 is 0 Å². The second-order valence-electron chi connectivity index (χ2n) is 3.98. The maximum atomic E-state index is 9.64. The molecule has 0 saturated heterocycles. The third-order valence-electron chi connectivity index (χ3n) is 2.60. The Bertz CT molecular complexity index is 342. The standard InChI is InChI=1S/C12H20N2O2/c1-9-11(13)5-4-6-12(9)14(2)7-10(15)8-16-3/h4-6,10,15H,7-8,13H2,1-3H3. The number of hydrogen-bond acceptors (Lipinski definition) is 4. The summed E-state index contributed by atoms with van der Waals surface area (Å²) in [6.45, 7) is 2.84. The Labute approximate surface area is 96.6 Å². The molecule has 0 aliphatic carbocycles. The van der Waals surface area contributed by atoms with E-state index in [9.17, 15) is 5.11 Å². The highest BCUT2D eigenvalue weighted by Crippen LogP contribution is 2.23. The van der Waals surface area contributed by atoms with Gasteiger partial charge in [0, 0.05) is 32.1 Å². The molecule has 0 aliphatic heterocycles. The second kappa shape index (κ2) is 5.72. The minimum absolute atomic E-state index is 0.339. The van der Waals surface area contributed by atoms with Gasteiger partial charge in [0.15, 0.2) is 0 Å². The zero-order valence-electron chi connectivity index (χ0n) is 10.1. The Morgan fingerprint density at radius 2 is 2.19 bits per heavy atom. The van der Waals surface area contributed by atoms with Gasteiger partial charge in [-0.25, -0.2) is 0 Å². The highest BCUT2D eigenvalue weighted by atomic mass is 16.5. The Balaban J connectivity index is 2.72. The van der Waals surface area contributed by atoms with Crippen LogP contribution in [-0.2, 0) is 4.74 Å². The zero-order chi connectivity index (χ0) is 12.1. The van der Waals surface area contributed by atoms with Crippen LogP contribution in [0.4, 0.5) is 11.4 Å². The molecule has 0 bridgehead atoms. The van der Waals surface area contributed by atoms with E-state index in [1.807, 2.05) is 37.1 Å². The van der Waals surface area contributed by atoms with Crippen LogP contribution < -0.4 is 10.6 Å². The van der Waals surface area contributed by atoms with Crippen molar-refractivity contribution in [3.05, 3.63) is 23.8 Å². The number of aliphatic hydroxyl groups is 1. The molecule has 0 aliphatic rings. The first-order valence-corrected chi connectivity index (χ1v) is 5.29. The molecule has 0 fully saturated rings. The number of aliphatic hydroxyl groups excluding tert-OH is 1. The van der Waals surface area contributed by atoms with Crippen molar-refractivity contribution in [1.82, 2.24) is 0 Å². The molecule has 0 aromatic heterocycles. The molecule has 4 nitrogen and oxygen atoms in total. The molecule has 1 unspecified atom stereocenters. The third-order valence-corrected chi connectivity index (χ3v) is 2.60. The van der Waals surface area contributed by atoms with Crippen molar-refractivity contribution in [3.63, 3.8) is 0 Å². The van der Waals surface area contributed by atoms with Crippen LogP contribution in [0.3, 0.4) is 0 Å². The van der Waals surface area contributed by atoms with Crippen LogP contribution in [0.1, 0.15) is 5.56 Å². The van der Waals surface area contributed by atoms with Gasteiger partial charge in [0.2, 0.25) is 0 Å². The van der Waals surface area contributed by atoms with Crippen LogP contribution in [0.2, 0.25) is 0 Å². The van der Waals surface area contributed by atoms with Gasteiger partial charge in [0.1, 0.15) is 0 Å². The van der Waals surface area contributed by atoms with Crippen LogP contribution in [0.15, 0.2) is 18.2 Å². The predicted octanol–water partition coefficient (Wildman–Crippen LogP) is 1.02. The molecule has 0 spiro atoms. The molecule has 0 saturated carbocycles. The molecule has 0 amide bonds. The fourth-order valence-electron chi connectivity index (χ4n) is 1.71. The maximum Gasteiger partial charge on any atom is 0.0947 e. The fourth-order valence-corrected chi connectivity index (χ4v) is 1.71. The minimum atomic E-state index is -0.490. The van der Waals surface area contributed by atoms with Crippen molar-refractivity contribution >= 4 is 11.4 Å². The molecular formula is C12H20N2O2. The van der Waals surface area contributed by atoms with E-state index < -0.39 is 6.10 Å². The Hall–Kier alpha value is -1.26. The molecule has 1 rings (SSSR count). The number of methoxy groups -OCH3 is 1. The summed E-state index contributed by atoms with van der Waals surface area (Å²) in [6.07, 6.45) is -0.490. The number of nitrogen functional groups attached to an aromatic ring is 1. The maximum absolute atomic E-state index is 9.64. The Morgan fingerprint density at radius 1 is 1.50 bits per heavy atom. The topological polar surface area (TPSA) is 58.7 Å². The van der Waals surface area contributed by atoms with Crippen molar-refractivity contribution in [2.24, 2.45) is 0 Å². The Kier molecular flexibility index (Phi) is 4.58. The first-order valence-electron chi connectivity index (χ1n) is 5.29. The van der Waals surface area contributed by atoms with E-state index in [0.29, 0.717) is 13.2 Å². The quantitative estimate of drug-likeness (QED) is 0.733. The van der Waals surface area contributed by atoms with Gasteiger partial charge in [-0.1, -0.05) is 6.07 Å². The zero-order valence-corrected chi connectivity index (χ0v) is 10.1. The summed E-state index contributed by atoms with van der Waals surface area (Å²) in [7, 11) is 3.51. The summed E-state index contributed by atoms with van der Waals surface area (Å²) in [5.41, 5.74) is 8.68. The number of benzene rings is 1. The lowest BCUT2D eigenvalue weighted by Gasteiger charge is -2.24. The highest BCUT2D eigenvalue weighted by molar-refractivity contribution is 5.63. The molecule has 1 aromatic rings. The monoisotopic (exact) mass is 224 g/mol. The summed E-state index contributed by atoms with van der Waals surface area (Å²) in [4.78, 5) is 1.98. The van der Waals surface area contributed by atoms with Crippen molar-refractivity contribution in [2.75, 3.05) is 37.9 Å². The molecule has 16 heavy (non-hydrogen) atoms. The van der Waals surface area contributed by atoms with Gasteiger partial charge < -0.3 is 20.5 Å². The molecule has 90 valence electrons. The lowest BCUT2D eigenvalue weighted by atomic mass is 10.1. The highest BCUT2D eigenvalue weighted by Gasteiger charge is 2.11. The van der Waals surface area contributed by atoms with Crippen LogP contribution in [-0.4, -0.2) is 38.5 Å². The second-order valence-corrected chi connectivity index (χ2v) is 3.98. The SMILES string of the molecule is COCC(O)CN(C)c1cccc(N)c1C. The first-order chi connectivity index (χ1) is 7.56. The summed E-state index contributed by atoms with van der Waals surface area (Å²) < 4.78 is 4.89. The van der Waals surface area contributed by atoms with Crippen LogP contribution in [0.5, 0.6) is 0 Å². The predicted molar refractivity (Wildman–Crippen MR) is 66.7 cm³/mol. The number of nitrogens with zero attached hydrogens (tertiary/aromatic N) is 1. The van der Waals surface area contributed by atoms with E-state index in [4.69, 9.17) is 10.5 Å². The van der Waals surface area contributed by atoms with Crippen LogP contribution >= 0.6 is 0 Å². The lowest BCUT2D eigenvalue weighted by molar-refractivity contribution is 0.0695. The minimum Gasteiger partial charge on any atom is -0.398 e. The average Bonchev–Trinajstić information content (AvgIpc) is 2.22. The van der Waals surface area contributed by atoms with Gasteiger partial charge in [-0.05, 0) is 24.6 Å². The van der Waals surface area contributed by atoms with E-state index in [0.717, 1.165) is 16.9 Å². The summed E-state index contributed by atoms with van der Waals surface area (Å²) in [5, 5.41) is 9.64. The van der Waals surface area contributed by atoms with Crippen molar-refractivity contribution in [3.8, 4) is 0 Å². The van der Waals surface area contributed by atoms with Gasteiger partial charge in [0.25, 0.3) is 0 Å². The number of likely N-dealkylation sites (N-methyl/N-ethyl adjacent to an activating group) is 1. The first kappa shape index (κ1) is 12.8. The molecule has 4 heteroatoms. The van der Waals surface area contributed by atoms with Gasteiger partial charge in [-0.3, -0.25) is 0 Å². The largest absolute Gasteiger partial charge is 0.398 e. The smallest absolute Gasteiger partial charge is 0.0947 e. The summed E-state index contributed by atoms with van der Waals surface area (Å²) in [5.74, 6) is 0. The molecule has 0 heterocycles. The lowest BCUT2D eigenvalue weighted by Crippen LogP contribution is -2.32. The fraction of sp³-hybridized carbons (Fsp3) is 0.500. The van der Waals surface area contributed by atoms with E-state index in [-0.39, 0.29) is 0 Å². The number of anilines is 2. The number of nitrogens with two attached hydrogens (primary N) is 1.